The molecule has 116 valence electrons. The first-order valence-corrected chi connectivity index (χ1v) is 7.24. The molecule has 1 saturated heterocycles. The third kappa shape index (κ3) is 2.43. The van der Waals surface area contributed by atoms with Gasteiger partial charge in [0.05, 0.1) is 22.6 Å². The van der Waals surface area contributed by atoms with E-state index in [-0.39, 0.29) is 18.4 Å². The zero-order valence-corrected chi connectivity index (χ0v) is 12.4. The van der Waals surface area contributed by atoms with Crippen molar-refractivity contribution in [3.8, 4) is 0 Å². The normalized spacial score (nSPS) is 18.3. The van der Waals surface area contributed by atoms with E-state index in [4.69, 9.17) is 9.63 Å². The Bertz CT molecular complexity index is 737. The van der Waals surface area contributed by atoms with E-state index in [0.29, 0.717) is 24.2 Å². The molecule has 0 aliphatic carbocycles. The number of aliphatic carboxylic acids is 1. The van der Waals surface area contributed by atoms with Crippen molar-refractivity contribution >= 4 is 23.0 Å². The van der Waals surface area contributed by atoms with Gasteiger partial charge in [-0.3, -0.25) is 9.59 Å². The van der Waals surface area contributed by atoms with Gasteiger partial charge in [-0.2, -0.15) is 0 Å². The molecule has 0 radical (unpaired) electrons. The molecule has 7 nitrogen and oxygen atoms in total. The molecule has 0 spiro atoms. The topological polar surface area (TPSA) is 96.5 Å². The SMILES string of the molecule is CC(C)c1noc2ncc(C(=O)N3CC[C@H](C(=O)O)C3)cc12. The van der Waals surface area contributed by atoms with E-state index in [9.17, 15) is 9.59 Å². The highest BCUT2D eigenvalue weighted by molar-refractivity contribution is 5.97. The second-order valence-electron chi connectivity index (χ2n) is 5.87. The van der Waals surface area contributed by atoms with Gasteiger partial charge in [0.1, 0.15) is 0 Å². The Labute approximate surface area is 126 Å². The van der Waals surface area contributed by atoms with Gasteiger partial charge in [0.25, 0.3) is 11.6 Å². The minimum atomic E-state index is -0.856. The van der Waals surface area contributed by atoms with Crippen LogP contribution in [0.15, 0.2) is 16.8 Å². The predicted octanol–water partition coefficient (Wildman–Crippen LogP) is 1.89. The van der Waals surface area contributed by atoms with E-state index in [0.717, 1.165) is 11.1 Å². The fraction of sp³-hybridized carbons (Fsp3) is 0.467. The molecule has 1 atom stereocenters. The van der Waals surface area contributed by atoms with Gasteiger partial charge in [-0.05, 0) is 18.4 Å². The summed E-state index contributed by atoms with van der Waals surface area (Å²) in [7, 11) is 0. The van der Waals surface area contributed by atoms with Gasteiger partial charge in [-0.25, -0.2) is 4.98 Å². The van der Waals surface area contributed by atoms with Crippen LogP contribution >= 0.6 is 0 Å². The molecule has 1 fully saturated rings. The summed E-state index contributed by atoms with van der Waals surface area (Å²) in [5.74, 6) is -1.38. The van der Waals surface area contributed by atoms with Gasteiger partial charge in [0.15, 0.2) is 0 Å². The maximum atomic E-state index is 12.5. The van der Waals surface area contributed by atoms with Gasteiger partial charge in [-0.15, -0.1) is 0 Å². The molecule has 1 aliphatic rings. The summed E-state index contributed by atoms with van der Waals surface area (Å²) in [5.41, 5.74) is 1.61. The Hall–Kier alpha value is -2.44. The van der Waals surface area contributed by atoms with Crippen LogP contribution in [0.25, 0.3) is 11.1 Å². The number of carboxylic acid groups (broad SMARTS) is 1. The van der Waals surface area contributed by atoms with Crippen LogP contribution in [0.1, 0.15) is 42.2 Å². The Morgan fingerprint density at radius 3 is 2.86 bits per heavy atom. The van der Waals surface area contributed by atoms with E-state index in [1.54, 1.807) is 11.0 Å². The molecular weight excluding hydrogens is 286 g/mol. The number of fused-ring (bicyclic) bond motifs is 1. The Morgan fingerprint density at radius 1 is 1.45 bits per heavy atom. The van der Waals surface area contributed by atoms with E-state index >= 15 is 0 Å². The first-order chi connectivity index (χ1) is 10.5. The molecule has 22 heavy (non-hydrogen) atoms. The van der Waals surface area contributed by atoms with Gasteiger partial charge >= 0.3 is 5.97 Å². The number of hydrogen-bond donors (Lipinski definition) is 1. The van der Waals surface area contributed by atoms with E-state index in [1.807, 2.05) is 13.8 Å². The zero-order chi connectivity index (χ0) is 15.9. The molecule has 1 aliphatic heterocycles. The van der Waals surface area contributed by atoms with Crippen molar-refractivity contribution in [1.29, 1.82) is 0 Å². The molecule has 7 heteroatoms. The summed E-state index contributed by atoms with van der Waals surface area (Å²) < 4.78 is 5.16. The largest absolute Gasteiger partial charge is 0.481 e. The highest BCUT2D eigenvalue weighted by Gasteiger charge is 2.31. The van der Waals surface area contributed by atoms with Gasteiger partial charge < -0.3 is 14.5 Å². The molecule has 3 heterocycles. The van der Waals surface area contributed by atoms with Crippen molar-refractivity contribution in [2.45, 2.75) is 26.2 Å². The third-order valence-corrected chi connectivity index (χ3v) is 3.98. The maximum Gasteiger partial charge on any atom is 0.308 e. The number of carbonyl (C=O) groups excluding carboxylic acids is 1. The number of hydrogen-bond acceptors (Lipinski definition) is 5. The molecule has 0 unspecified atom stereocenters. The quantitative estimate of drug-likeness (QED) is 0.930. The summed E-state index contributed by atoms with van der Waals surface area (Å²) in [4.78, 5) is 29.2. The zero-order valence-electron chi connectivity index (χ0n) is 12.4. The predicted molar refractivity (Wildman–Crippen MR) is 77.5 cm³/mol. The summed E-state index contributed by atoms with van der Waals surface area (Å²) in [6, 6.07) is 1.73. The molecule has 0 saturated carbocycles. The number of pyridine rings is 1. The molecule has 2 aromatic rings. The van der Waals surface area contributed by atoms with Gasteiger partial charge in [0.2, 0.25) is 0 Å². The van der Waals surface area contributed by atoms with Crippen molar-refractivity contribution in [3.05, 3.63) is 23.5 Å². The van der Waals surface area contributed by atoms with Crippen molar-refractivity contribution < 1.29 is 19.2 Å². The Kier molecular flexibility index (Phi) is 3.56. The molecule has 3 rings (SSSR count). The second kappa shape index (κ2) is 5.40. The van der Waals surface area contributed by atoms with Crippen molar-refractivity contribution in [2.24, 2.45) is 5.92 Å². The Balaban J connectivity index is 1.88. The molecule has 0 aromatic carbocycles. The lowest BCUT2D eigenvalue weighted by Crippen LogP contribution is -2.30. The molecule has 2 aromatic heterocycles. The lowest BCUT2D eigenvalue weighted by molar-refractivity contribution is -0.141. The average Bonchev–Trinajstić information content (AvgIpc) is 3.12. The van der Waals surface area contributed by atoms with Crippen LogP contribution in [0.3, 0.4) is 0 Å². The number of nitrogens with zero attached hydrogens (tertiary/aromatic N) is 3. The monoisotopic (exact) mass is 303 g/mol. The highest BCUT2D eigenvalue weighted by Crippen LogP contribution is 2.25. The lowest BCUT2D eigenvalue weighted by atomic mass is 10.1. The van der Waals surface area contributed by atoms with E-state index < -0.39 is 11.9 Å². The number of rotatable bonds is 3. The third-order valence-electron chi connectivity index (χ3n) is 3.98. The van der Waals surface area contributed by atoms with Gasteiger partial charge in [0, 0.05) is 19.3 Å². The minimum absolute atomic E-state index is 0.163. The second-order valence-corrected chi connectivity index (χ2v) is 5.87. The summed E-state index contributed by atoms with van der Waals surface area (Å²) >= 11 is 0. The fourth-order valence-electron chi connectivity index (χ4n) is 2.71. The number of carboxylic acids is 1. The fourth-order valence-corrected chi connectivity index (χ4v) is 2.71. The number of amides is 1. The van der Waals surface area contributed by atoms with E-state index in [1.165, 1.54) is 6.20 Å². The van der Waals surface area contributed by atoms with Crippen LogP contribution < -0.4 is 0 Å². The molecule has 1 N–H and O–H groups in total. The van der Waals surface area contributed by atoms with Gasteiger partial charge in [-0.1, -0.05) is 19.0 Å². The van der Waals surface area contributed by atoms with Crippen LogP contribution in [-0.4, -0.2) is 45.1 Å². The Morgan fingerprint density at radius 2 is 2.23 bits per heavy atom. The van der Waals surface area contributed by atoms with Crippen LogP contribution in [-0.2, 0) is 4.79 Å². The van der Waals surface area contributed by atoms with Crippen LogP contribution in [0.4, 0.5) is 0 Å². The first kappa shape index (κ1) is 14.5. The number of aromatic nitrogens is 2. The minimum Gasteiger partial charge on any atom is -0.481 e. The average molecular weight is 303 g/mol. The first-order valence-electron chi connectivity index (χ1n) is 7.24. The number of likely N-dealkylation sites (tertiary alicyclic amines) is 1. The van der Waals surface area contributed by atoms with Crippen LogP contribution in [0.5, 0.6) is 0 Å². The van der Waals surface area contributed by atoms with Crippen molar-refractivity contribution in [1.82, 2.24) is 15.0 Å². The van der Waals surface area contributed by atoms with Crippen LogP contribution in [0, 0.1) is 5.92 Å². The van der Waals surface area contributed by atoms with Crippen molar-refractivity contribution in [2.75, 3.05) is 13.1 Å². The smallest absolute Gasteiger partial charge is 0.308 e. The standard InChI is InChI=1S/C15H17N3O4/c1-8(2)12-11-5-10(6-16-13(11)22-17-12)14(19)18-4-3-9(7-18)15(20)21/h5-6,8-9H,3-4,7H2,1-2H3,(H,20,21)/t9-/m0/s1. The summed E-state index contributed by atoms with van der Waals surface area (Å²) in [5, 5.41) is 13.7. The summed E-state index contributed by atoms with van der Waals surface area (Å²) in [6.45, 7) is 4.68. The summed E-state index contributed by atoms with van der Waals surface area (Å²) in [6.07, 6.45) is 1.94. The van der Waals surface area contributed by atoms with E-state index in [2.05, 4.69) is 10.1 Å². The van der Waals surface area contributed by atoms with Crippen molar-refractivity contribution in [3.63, 3.8) is 0 Å². The molecule has 0 bridgehead atoms. The lowest BCUT2D eigenvalue weighted by Gasteiger charge is -2.15. The highest BCUT2D eigenvalue weighted by atomic mass is 16.5. The maximum absolute atomic E-state index is 12.5. The van der Waals surface area contributed by atoms with Crippen LogP contribution in [0.2, 0.25) is 0 Å². The number of carbonyl (C=O) groups is 2. The molecular formula is C15H17N3O4. The molecule has 1 amide bonds.